The Bertz CT molecular complexity index is 983. The fraction of sp³-hybridized carbons (Fsp3) is 0.200. The minimum absolute atomic E-state index is 0.211. The van der Waals surface area contributed by atoms with Crippen LogP contribution < -0.4 is 22.1 Å². The molecule has 0 spiro atoms. The molecule has 2 heterocycles. The van der Waals surface area contributed by atoms with E-state index < -0.39 is 5.91 Å². The van der Waals surface area contributed by atoms with Crippen LogP contribution in [0.3, 0.4) is 0 Å². The fourth-order valence-corrected chi connectivity index (χ4v) is 2.89. The molecule has 0 bridgehead atoms. The molecule has 1 amide bonds. The Kier molecular flexibility index (Phi) is 5.69. The maximum absolute atomic E-state index is 11.2. The standard InChI is InChI=1S/C20H23N7O/c1-12-7-13(2)9-15(8-12)16-11-18(27-20(22)26-16)25-6-5-24-17-10-14(19(21)28)3-4-23-17/h3-4,7-11H,5-6H2,1-2H3,(H2,21,28)(H,23,24)(H3,22,25,26,27). The second-order valence-corrected chi connectivity index (χ2v) is 6.52. The molecule has 2 aromatic heterocycles. The van der Waals surface area contributed by atoms with Crippen LogP contribution in [0.25, 0.3) is 11.3 Å². The molecule has 8 nitrogen and oxygen atoms in total. The van der Waals surface area contributed by atoms with Gasteiger partial charge in [0.15, 0.2) is 0 Å². The van der Waals surface area contributed by atoms with Crippen molar-refractivity contribution < 1.29 is 4.79 Å². The predicted octanol–water partition coefficient (Wildman–Crippen LogP) is 2.36. The third-order valence-electron chi connectivity index (χ3n) is 4.04. The van der Waals surface area contributed by atoms with Crippen LogP contribution in [0.1, 0.15) is 21.5 Å². The van der Waals surface area contributed by atoms with Crippen molar-refractivity contribution in [2.24, 2.45) is 5.73 Å². The highest BCUT2D eigenvalue weighted by atomic mass is 16.1. The van der Waals surface area contributed by atoms with E-state index in [0.717, 1.165) is 22.4 Å². The second-order valence-electron chi connectivity index (χ2n) is 6.52. The maximum Gasteiger partial charge on any atom is 0.248 e. The van der Waals surface area contributed by atoms with Gasteiger partial charge in [-0.3, -0.25) is 4.79 Å². The van der Waals surface area contributed by atoms with Crippen molar-refractivity contribution in [2.45, 2.75) is 13.8 Å². The molecule has 3 rings (SSSR count). The maximum atomic E-state index is 11.2. The molecular weight excluding hydrogens is 354 g/mol. The third kappa shape index (κ3) is 4.94. The lowest BCUT2D eigenvalue weighted by Crippen LogP contribution is -2.16. The number of nitrogen functional groups attached to an aromatic ring is 1. The van der Waals surface area contributed by atoms with Crippen molar-refractivity contribution in [2.75, 3.05) is 29.5 Å². The molecule has 144 valence electrons. The quantitative estimate of drug-likeness (QED) is 0.465. The van der Waals surface area contributed by atoms with Crippen molar-refractivity contribution in [3.05, 3.63) is 59.3 Å². The summed E-state index contributed by atoms with van der Waals surface area (Å²) in [5, 5.41) is 6.35. The van der Waals surface area contributed by atoms with E-state index >= 15 is 0 Å². The van der Waals surface area contributed by atoms with Crippen molar-refractivity contribution in [3.63, 3.8) is 0 Å². The van der Waals surface area contributed by atoms with Gasteiger partial charge in [0.1, 0.15) is 11.6 Å². The number of nitrogens with one attached hydrogen (secondary N) is 2. The Morgan fingerprint density at radius 2 is 1.64 bits per heavy atom. The number of hydrogen-bond acceptors (Lipinski definition) is 7. The highest BCUT2D eigenvalue weighted by molar-refractivity contribution is 5.93. The van der Waals surface area contributed by atoms with E-state index in [0.29, 0.717) is 30.3 Å². The Morgan fingerprint density at radius 1 is 0.964 bits per heavy atom. The SMILES string of the molecule is Cc1cc(C)cc(-c2cc(NCCNc3cc(C(N)=O)ccn3)nc(N)n2)c1. The summed E-state index contributed by atoms with van der Waals surface area (Å²) >= 11 is 0. The van der Waals surface area contributed by atoms with Crippen LogP contribution in [-0.2, 0) is 0 Å². The number of nitrogens with two attached hydrogens (primary N) is 2. The Morgan fingerprint density at radius 3 is 2.32 bits per heavy atom. The summed E-state index contributed by atoms with van der Waals surface area (Å²) in [6.07, 6.45) is 1.54. The summed E-state index contributed by atoms with van der Waals surface area (Å²) in [4.78, 5) is 24.0. The van der Waals surface area contributed by atoms with E-state index in [9.17, 15) is 4.79 Å². The normalized spacial score (nSPS) is 10.5. The molecule has 28 heavy (non-hydrogen) atoms. The van der Waals surface area contributed by atoms with Crippen LogP contribution in [0.2, 0.25) is 0 Å². The number of carbonyl (C=O) groups is 1. The van der Waals surface area contributed by atoms with Crippen LogP contribution in [0.15, 0.2) is 42.6 Å². The number of aryl methyl sites for hydroxylation is 2. The molecular formula is C20H23N7O. The Hall–Kier alpha value is -3.68. The van der Waals surface area contributed by atoms with E-state index in [2.05, 4.69) is 43.8 Å². The predicted molar refractivity (Wildman–Crippen MR) is 111 cm³/mol. The van der Waals surface area contributed by atoms with Crippen molar-refractivity contribution in [1.29, 1.82) is 0 Å². The minimum Gasteiger partial charge on any atom is -0.368 e. The van der Waals surface area contributed by atoms with Crippen LogP contribution in [0.4, 0.5) is 17.6 Å². The molecule has 8 heteroatoms. The first kappa shape index (κ1) is 19.1. The molecule has 0 unspecified atom stereocenters. The molecule has 0 aliphatic carbocycles. The number of nitrogens with zero attached hydrogens (tertiary/aromatic N) is 3. The number of benzene rings is 1. The molecule has 1 aromatic carbocycles. The van der Waals surface area contributed by atoms with Gasteiger partial charge in [0.05, 0.1) is 5.69 Å². The number of pyridine rings is 1. The van der Waals surface area contributed by atoms with Gasteiger partial charge in [-0.05, 0) is 38.1 Å². The third-order valence-corrected chi connectivity index (χ3v) is 4.04. The number of primary amides is 1. The monoisotopic (exact) mass is 377 g/mol. The summed E-state index contributed by atoms with van der Waals surface area (Å²) < 4.78 is 0. The van der Waals surface area contributed by atoms with Gasteiger partial charge in [-0.25, -0.2) is 9.97 Å². The summed E-state index contributed by atoms with van der Waals surface area (Å²) in [5.41, 5.74) is 15.7. The van der Waals surface area contributed by atoms with E-state index in [-0.39, 0.29) is 5.95 Å². The van der Waals surface area contributed by atoms with Gasteiger partial charge < -0.3 is 22.1 Å². The van der Waals surface area contributed by atoms with Crippen molar-refractivity contribution in [3.8, 4) is 11.3 Å². The molecule has 0 aliphatic rings. The molecule has 0 saturated heterocycles. The minimum atomic E-state index is -0.487. The number of amides is 1. The first-order chi connectivity index (χ1) is 13.4. The zero-order valence-electron chi connectivity index (χ0n) is 15.9. The summed E-state index contributed by atoms with van der Waals surface area (Å²) in [5.74, 6) is 0.945. The Labute approximate surface area is 163 Å². The number of hydrogen-bond donors (Lipinski definition) is 4. The van der Waals surface area contributed by atoms with Gasteiger partial charge in [-0.1, -0.05) is 17.2 Å². The summed E-state index contributed by atoms with van der Waals surface area (Å²) in [6.45, 7) is 5.24. The molecule has 3 aromatic rings. The lowest BCUT2D eigenvalue weighted by Gasteiger charge is -2.11. The van der Waals surface area contributed by atoms with Crippen LogP contribution in [-0.4, -0.2) is 33.9 Å². The topological polar surface area (TPSA) is 132 Å². The van der Waals surface area contributed by atoms with Crippen LogP contribution >= 0.6 is 0 Å². The lowest BCUT2D eigenvalue weighted by molar-refractivity contribution is 0.1000. The average Bonchev–Trinajstić information content (AvgIpc) is 2.64. The van der Waals surface area contributed by atoms with Gasteiger partial charge in [-0.15, -0.1) is 0 Å². The fourth-order valence-electron chi connectivity index (χ4n) is 2.89. The summed E-state index contributed by atoms with van der Waals surface area (Å²) in [6, 6.07) is 11.3. The highest BCUT2D eigenvalue weighted by Crippen LogP contribution is 2.23. The smallest absolute Gasteiger partial charge is 0.248 e. The van der Waals surface area contributed by atoms with Gasteiger partial charge in [0.25, 0.3) is 0 Å². The van der Waals surface area contributed by atoms with E-state index in [4.69, 9.17) is 11.5 Å². The molecule has 0 radical (unpaired) electrons. The van der Waals surface area contributed by atoms with Gasteiger partial charge in [0, 0.05) is 36.5 Å². The largest absolute Gasteiger partial charge is 0.368 e. The van der Waals surface area contributed by atoms with Crippen LogP contribution in [0, 0.1) is 13.8 Å². The molecule has 0 atom stereocenters. The highest BCUT2D eigenvalue weighted by Gasteiger charge is 2.07. The molecule has 0 saturated carbocycles. The number of aromatic nitrogens is 3. The zero-order chi connectivity index (χ0) is 20.1. The second kappa shape index (κ2) is 8.34. The van der Waals surface area contributed by atoms with E-state index in [1.165, 1.54) is 6.20 Å². The van der Waals surface area contributed by atoms with Gasteiger partial charge in [0.2, 0.25) is 11.9 Å². The number of carbonyl (C=O) groups excluding carboxylic acids is 1. The molecule has 0 fully saturated rings. The first-order valence-electron chi connectivity index (χ1n) is 8.87. The van der Waals surface area contributed by atoms with Gasteiger partial charge >= 0.3 is 0 Å². The zero-order valence-corrected chi connectivity index (χ0v) is 15.9. The number of anilines is 3. The van der Waals surface area contributed by atoms with Crippen molar-refractivity contribution in [1.82, 2.24) is 15.0 Å². The molecule has 6 N–H and O–H groups in total. The number of rotatable bonds is 7. The van der Waals surface area contributed by atoms with E-state index in [1.807, 2.05) is 19.9 Å². The lowest BCUT2D eigenvalue weighted by atomic mass is 10.0. The van der Waals surface area contributed by atoms with Crippen molar-refractivity contribution >= 4 is 23.5 Å². The Balaban J connectivity index is 1.64. The first-order valence-corrected chi connectivity index (χ1v) is 8.87. The average molecular weight is 377 g/mol. The van der Waals surface area contributed by atoms with E-state index in [1.54, 1.807) is 12.1 Å². The summed E-state index contributed by atoms with van der Waals surface area (Å²) in [7, 11) is 0. The molecule has 0 aliphatic heterocycles. The van der Waals surface area contributed by atoms with Crippen LogP contribution in [0.5, 0.6) is 0 Å². The van der Waals surface area contributed by atoms with Gasteiger partial charge in [-0.2, -0.15) is 4.98 Å².